The summed E-state index contributed by atoms with van der Waals surface area (Å²) in [6.07, 6.45) is -0.663. The Bertz CT molecular complexity index is 789. The fraction of sp³-hybridized carbons (Fsp3) is 0.182. The molecule has 1 unspecified atom stereocenters. The summed E-state index contributed by atoms with van der Waals surface area (Å²) in [5.41, 5.74) is 2.93. The van der Waals surface area contributed by atoms with Gasteiger partial charge in [-0.15, -0.1) is 0 Å². The molecule has 0 amide bonds. The van der Waals surface area contributed by atoms with Gasteiger partial charge in [-0.05, 0) is 41.0 Å². The summed E-state index contributed by atoms with van der Waals surface area (Å²) in [6, 6.07) is 23.8. The van der Waals surface area contributed by atoms with Gasteiger partial charge in [0.15, 0.2) is 0 Å². The van der Waals surface area contributed by atoms with Crippen LogP contribution in [0.4, 0.5) is 4.39 Å². The Morgan fingerprint density at radius 3 is 2.23 bits per heavy atom. The van der Waals surface area contributed by atoms with Crippen LogP contribution in [0.5, 0.6) is 5.75 Å². The second-order valence-electron chi connectivity index (χ2n) is 6.12. The van der Waals surface area contributed by atoms with Crippen LogP contribution in [0.2, 0.25) is 0 Å². The van der Waals surface area contributed by atoms with E-state index in [1.807, 2.05) is 54.6 Å². The van der Waals surface area contributed by atoms with Crippen LogP contribution in [0.1, 0.15) is 22.8 Å². The molecule has 0 heterocycles. The third-order valence-corrected chi connectivity index (χ3v) is 4.09. The van der Waals surface area contributed by atoms with Gasteiger partial charge >= 0.3 is 0 Å². The van der Waals surface area contributed by atoms with Crippen LogP contribution in [0.25, 0.3) is 0 Å². The number of benzene rings is 3. The zero-order valence-electron chi connectivity index (χ0n) is 14.4. The van der Waals surface area contributed by atoms with Gasteiger partial charge < -0.3 is 15.2 Å². The zero-order valence-corrected chi connectivity index (χ0v) is 14.4. The Balaban J connectivity index is 1.43. The summed E-state index contributed by atoms with van der Waals surface area (Å²) < 4.78 is 18.7. The quantitative estimate of drug-likeness (QED) is 0.638. The normalized spacial score (nSPS) is 11.9. The van der Waals surface area contributed by atoms with E-state index in [4.69, 9.17) is 4.74 Å². The van der Waals surface area contributed by atoms with Crippen molar-refractivity contribution in [1.29, 1.82) is 0 Å². The minimum Gasteiger partial charge on any atom is -0.489 e. The van der Waals surface area contributed by atoms with Crippen molar-refractivity contribution >= 4 is 0 Å². The molecule has 0 aliphatic carbocycles. The molecule has 0 bridgehead atoms. The molecule has 134 valence electrons. The highest BCUT2D eigenvalue weighted by atomic mass is 19.1. The van der Waals surface area contributed by atoms with Crippen LogP contribution in [0.15, 0.2) is 78.9 Å². The SMILES string of the molecule is OC(CNCc1ccc(OCc2ccccc2)cc1)c1ccc(F)cc1. The van der Waals surface area contributed by atoms with E-state index >= 15 is 0 Å². The van der Waals surface area contributed by atoms with E-state index in [0.29, 0.717) is 25.3 Å². The van der Waals surface area contributed by atoms with Crippen LogP contribution >= 0.6 is 0 Å². The van der Waals surface area contributed by atoms with Gasteiger partial charge in [-0.25, -0.2) is 4.39 Å². The highest BCUT2D eigenvalue weighted by Crippen LogP contribution is 2.15. The van der Waals surface area contributed by atoms with Crippen LogP contribution in [-0.2, 0) is 13.2 Å². The first-order valence-electron chi connectivity index (χ1n) is 8.60. The van der Waals surface area contributed by atoms with E-state index in [9.17, 15) is 9.50 Å². The Hall–Kier alpha value is -2.69. The first-order chi connectivity index (χ1) is 12.7. The molecule has 2 N–H and O–H groups in total. The number of nitrogens with one attached hydrogen (secondary N) is 1. The molecule has 3 rings (SSSR count). The molecule has 0 spiro atoms. The van der Waals surface area contributed by atoms with E-state index in [1.54, 1.807) is 12.1 Å². The minimum atomic E-state index is -0.663. The summed E-state index contributed by atoms with van der Waals surface area (Å²) in [6.45, 7) is 1.58. The van der Waals surface area contributed by atoms with E-state index in [1.165, 1.54) is 12.1 Å². The van der Waals surface area contributed by atoms with Gasteiger partial charge in [-0.2, -0.15) is 0 Å². The van der Waals surface area contributed by atoms with Crippen molar-refractivity contribution in [2.45, 2.75) is 19.3 Å². The van der Waals surface area contributed by atoms with E-state index in [2.05, 4.69) is 5.32 Å². The van der Waals surface area contributed by atoms with Crippen molar-refractivity contribution in [3.8, 4) is 5.75 Å². The molecular weight excluding hydrogens is 329 g/mol. The fourth-order valence-electron chi connectivity index (χ4n) is 2.60. The van der Waals surface area contributed by atoms with Crippen LogP contribution in [0.3, 0.4) is 0 Å². The number of aliphatic hydroxyl groups excluding tert-OH is 1. The molecule has 0 aromatic heterocycles. The van der Waals surface area contributed by atoms with Gasteiger partial charge in [-0.1, -0.05) is 54.6 Å². The van der Waals surface area contributed by atoms with Crippen molar-refractivity contribution < 1.29 is 14.2 Å². The number of hydrogen-bond acceptors (Lipinski definition) is 3. The van der Waals surface area contributed by atoms with Gasteiger partial charge in [-0.3, -0.25) is 0 Å². The lowest BCUT2D eigenvalue weighted by molar-refractivity contribution is 0.174. The number of rotatable bonds is 8. The van der Waals surface area contributed by atoms with E-state index in [0.717, 1.165) is 16.9 Å². The summed E-state index contributed by atoms with van der Waals surface area (Å²) >= 11 is 0. The number of hydrogen-bond donors (Lipinski definition) is 2. The highest BCUT2D eigenvalue weighted by molar-refractivity contribution is 5.28. The van der Waals surface area contributed by atoms with E-state index < -0.39 is 6.10 Å². The number of aliphatic hydroxyl groups is 1. The molecule has 0 aliphatic rings. The molecule has 4 heteroatoms. The van der Waals surface area contributed by atoms with Crippen LogP contribution < -0.4 is 10.1 Å². The molecular formula is C22H22FNO2. The Kier molecular flexibility index (Phi) is 6.36. The molecule has 1 atom stereocenters. The minimum absolute atomic E-state index is 0.302. The third kappa shape index (κ3) is 5.41. The maximum absolute atomic E-state index is 12.9. The average Bonchev–Trinajstić information content (AvgIpc) is 2.68. The number of halogens is 1. The van der Waals surface area contributed by atoms with Gasteiger partial charge in [0.25, 0.3) is 0 Å². The van der Waals surface area contributed by atoms with Gasteiger partial charge in [0.2, 0.25) is 0 Å². The van der Waals surface area contributed by atoms with Gasteiger partial charge in [0, 0.05) is 13.1 Å². The predicted molar refractivity (Wildman–Crippen MR) is 100 cm³/mol. The molecule has 0 radical (unpaired) electrons. The molecule has 3 aromatic rings. The average molecular weight is 351 g/mol. The summed E-state index contributed by atoms with van der Waals surface area (Å²) in [5.74, 6) is 0.521. The summed E-state index contributed by atoms with van der Waals surface area (Å²) in [4.78, 5) is 0. The lowest BCUT2D eigenvalue weighted by atomic mass is 10.1. The second-order valence-corrected chi connectivity index (χ2v) is 6.12. The molecule has 3 aromatic carbocycles. The Morgan fingerprint density at radius 2 is 1.54 bits per heavy atom. The monoisotopic (exact) mass is 351 g/mol. The molecule has 0 fully saturated rings. The summed E-state index contributed by atoms with van der Waals surface area (Å²) in [7, 11) is 0. The number of ether oxygens (including phenoxy) is 1. The topological polar surface area (TPSA) is 41.5 Å². The van der Waals surface area contributed by atoms with Crippen molar-refractivity contribution in [3.63, 3.8) is 0 Å². The first-order valence-corrected chi connectivity index (χ1v) is 8.60. The standard InChI is InChI=1S/C22H22FNO2/c23-20-10-8-19(9-11-20)22(25)15-24-14-17-6-12-21(13-7-17)26-16-18-4-2-1-3-5-18/h1-13,22,24-25H,14-16H2. The molecule has 26 heavy (non-hydrogen) atoms. The van der Waals surface area contributed by atoms with E-state index in [-0.39, 0.29) is 5.82 Å². The van der Waals surface area contributed by atoms with Crippen molar-refractivity contribution in [2.75, 3.05) is 6.54 Å². The largest absolute Gasteiger partial charge is 0.489 e. The zero-order chi connectivity index (χ0) is 18.2. The highest BCUT2D eigenvalue weighted by Gasteiger charge is 2.07. The lowest BCUT2D eigenvalue weighted by Crippen LogP contribution is -2.21. The fourth-order valence-corrected chi connectivity index (χ4v) is 2.60. The lowest BCUT2D eigenvalue weighted by Gasteiger charge is -2.12. The van der Waals surface area contributed by atoms with Crippen molar-refractivity contribution in [1.82, 2.24) is 5.32 Å². The van der Waals surface area contributed by atoms with Crippen LogP contribution in [0, 0.1) is 5.82 Å². The third-order valence-electron chi connectivity index (χ3n) is 4.09. The molecule has 0 saturated carbocycles. The van der Waals surface area contributed by atoms with Gasteiger partial charge in [0.05, 0.1) is 6.10 Å². The van der Waals surface area contributed by atoms with Crippen LogP contribution in [-0.4, -0.2) is 11.7 Å². The van der Waals surface area contributed by atoms with Crippen molar-refractivity contribution in [3.05, 3.63) is 101 Å². The van der Waals surface area contributed by atoms with Gasteiger partial charge in [0.1, 0.15) is 18.2 Å². The maximum Gasteiger partial charge on any atom is 0.123 e. The first kappa shape index (κ1) is 18.1. The summed E-state index contributed by atoms with van der Waals surface area (Å²) in [5, 5.41) is 13.3. The molecule has 0 saturated heterocycles. The van der Waals surface area contributed by atoms with Crippen molar-refractivity contribution in [2.24, 2.45) is 0 Å². The molecule has 0 aliphatic heterocycles. The Labute approximate surface area is 153 Å². The maximum atomic E-state index is 12.9. The smallest absolute Gasteiger partial charge is 0.123 e. The molecule has 3 nitrogen and oxygen atoms in total. The predicted octanol–water partition coefficient (Wildman–Crippen LogP) is 4.23. The second kappa shape index (κ2) is 9.13. The Morgan fingerprint density at radius 1 is 0.846 bits per heavy atom.